The molecule has 0 aromatic heterocycles. The number of fused-ring (bicyclic) bond motifs is 3. The fourth-order valence-electron chi connectivity index (χ4n) is 9.33. The molecule has 0 bridgehead atoms. The number of cyclic esters (lactones) is 1. The molecule has 7 nitrogen and oxygen atoms in total. The Hall–Kier alpha value is -2.41. The van der Waals surface area contributed by atoms with Crippen molar-refractivity contribution in [2.45, 2.75) is 110 Å². The van der Waals surface area contributed by atoms with Crippen molar-refractivity contribution in [1.29, 1.82) is 0 Å². The third-order valence-electron chi connectivity index (χ3n) is 11.7. The van der Waals surface area contributed by atoms with Crippen LogP contribution in [0.4, 0.5) is 0 Å². The van der Waals surface area contributed by atoms with Crippen molar-refractivity contribution in [3.63, 3.8) is 0 Å². The van der Waals surface area contributed by atoms with Gasteiger partial charge in [0.1, 0.15) is 5.60 Å². The highest BCUT2D eigenvalue weighted by molar-refractivity contribution is 5.83. The lowest BCUT2D eigenvalue weighted by Crippen LogP contribution is -2.46. The van der Waals surface area contributed by atoms with Crippen molar-refractivity contribution >= 4 is 17.9 Å². The van der Waals surface area contributed by atoms with Crippen molar-refractivity contribution in [2.24, 2.45) is 34.5 Å². The van der Waals surface area contributed by atoms with Crippen LogP contribution in [0.25, 0.3) is 0 Å². The maximum atomic E-state index is 12.2. The third kappa shape index (κ3) is 4.30. The zero-order valence-corrected chi connectivity index (χ0v) is 24.2. The zero-order chi connectivity index (χ0) is 28.5. The predicted octanol–water partition coefficient (Wildman–Crippen LogP) is 5.52. The maximum absolute atomic E-state index is 12.2. The first-order valence-electron chi connectivity index (χ1n) is 14.6. The molecule has 5 aliphatic rings. The molecule has 0 amide bonds. The molecule has 7 heteroatoms. The molecule has 2 saturated carbocycles. The van der Waals surface area contributed by atoms with E-state index < -0.39 is 35.2 Å². The van der Waals surface area contributed by atoms with Gasteiger partial charge >= 0.3 is 17.9 Å². The number of aliphatic hydroxyl groups excluding tert-OH is 1. The number of aliphatic carboxylic acids is 1. The minimum atomic E-state index is -1.64. The highest BCUT2D eigenvalue weighted by Crippen LogP contribution is 2.69. The summed E-state index contributed by atoms with van der Waals surface area (Å²) in [4.78, 5) is 36.2. The summed E-state index contributed by atoms with van der Waals surface area (Å²) in [5, 5.41) is 21.3. The van der Waals surface area contributed by atoms with Gasteiger partial charge in [0.15, 0.2) is 0 Å². The smallest absolute Gasteiger partial charge is 0.348 e. The number of allylic oxidation sites excluding steroid dienone is 4. The van der Waals surface area contributed by atoms with Crippen LogP contribution in [0.1, 0.15) is 92.9 Å². The van der Waals surface area contributed by atoms with Gasteiger partial charge in [0.2, 0.25) is 5.60 Å². The fraction of sp³-hybridized carbons (Fsp3) is 0.719. The van der Waals surface area contributed by atoms with Crippen molar-refractivity contribution in [1.82, 2.24) is 0 Å². The molecule has 4 aliphatic carbocycles. The average Bonchev–Trinajstić information content (AvgIpc) is 3.21. The van der Waals surface area contributed by atoms with Gasteiger partial charge in [-0.2, -0.15) is 0 Å². The first kappa shape index (κ1) is 28.1. The molecule has 214 valence electrons. The van der Waals surface area contributed by atoms with Crippen LogP contribution in [-0.4, -0.2) is 45.4 Å². The predicted molar refractivity (Wildman–Crippen MR) is 145 cm³/mol. The first-order valence-corrected chi connectivity index (χ1v) is 14.6. The van der Waals surface area contributed by atoms with Gasteiger partial charge in [-0.05, 0) is 106 Å². The normalized spacial score (nSPS) is 40.7. The number of ether oxygens (including phenoxy) is 2. The molecular weight excluding hydrogens is 496 g/mol. The molecule has 0 saturated heterocycles. The number of carbonyl (C=O) groups excluding carboxylic acids is 2. The first-order chi connectivity index (χ1) is 18.1. The summed E-state index contributed by atoms with van der Waals surface area (Å²) >= 11 is 0. The highest BCUT2D eigenvalue weighted by Gasteiger charge is 2.62. The van der Waals surface area contributed by atoms with Crippen LogP contribution in [-0.2, 0) is 23.9 Å². The molecule has 0 radical (unpaired) electrons. The van der Waals surface area contributed by atoms with E-state index in [1.807, 2.05) is 19.9 Å². The lowest BCUT2D eigenvalue weighted by atomic mass is 9.52. The van der Waals surface area contributed by atoms with Crippen LogP contribution in [0.3, 0.4) is 0 Å². The van der Waals surface area contributed by atoms with Crippen molar-refractivity contribution < 1.29 is 34.1 Å². The molecule has 1 aliphatic heterocycles. The number of hydrogen-bond donors (Lipinski definition) is 2. The van der Waals surface area contributed by atoms with Crippen LogP contribution in [0.15, 0.2) is 34.9 Å². The summed E-state index contributed by atoms with van der Waals surface area (Å²) in [6.45, 7) is 11.5. The molecule has 0 aromatic rings. The number of hydrogen-bond acceptors (Lipinski definition) is 6. The average molecular weight is 541 g/mol. The molecule has 2 N–H and O–H groups in total. The molecule has 0 spiro atoms. The number of carbonyl (C=O) groups is 3. The van der Waals surface area contributed by atoms with E-state index >= 15 is 0 Å². The monoisotopic (exact) mass is 540 g/mol. The second-order valence-electron chi connectivity index (χ2n) is 13.9. The molecule has 5 rings (SSSR count). The van der Waals surface area contributed by atoms with Gasteiger partial charge in [0.25, 0.3) is 0 Å². The number of esters is 2. The quantitative estimate of drug-likeness (QED) is 0.452. The van der Waals surface area contributed by atoms with Gasteiger partial charge in [0.05, 0.1) is 6.10 Å². The summed E-state index contributed by atoms with van der Waals surface area (Å²) in [5.74, 6) is -2.13. The highest BCUT2D eigenvalue weighted by atomic mass is 16.6. The summed E-state index contributed by atoms with van der Waals surface area (Å²) in [6, 6.07) is 0. The molecule has 2 fully saturated rings. The Morgan fingerprint density at radius 3 is 2.46 bits per heavy atom. The second-order valence-corrected chi connectivity index (χ2v) is 13.9. The SMILES string of the molecule is CC(=O)OC(C)(C(=O)O)C1CC(O)C(C2CCC3(C)C4=C(C=C5C=CC(=O)OC(C)(C)C5CC4)CCC23C)C1. The maximum Gasteiger partial charge on any atom is 0.348 e. The third-order valence-corrected chi connectivity index (χ3v) is 11.7. The molecule has 8 unspecified atom stereocenters. The van der Waals surface area contributed by atoms with Crippen LogP contribution < -0.4 is 0 Å². The van der Waals surface area contributed by atoms with Gasteiger partial charge in [-0.15, -0.1) is 0 Å². The minimum absolute atomic E-state index is 0.0276. The Morgan fingerprint density at radius 1 is 1.08 bits per heavy atom. The lowest BCUT2D eigenvalue weighted by molar-refractivity contribution is -0.182. The van der Waals surface area contributed by atoms with Gasteiger partial charge in [0, 0.05) is 24.8 Å². The van der Waals surface area contributed by atoms with E-state index in [9.17, 15) is 24.6 Å². The lowest BCUT2D eigenvalue weighted by Gasteiger charge is -2.52. The van der Waals surface area contributed by atoms with Crippen LogP contribution in [0.2, 0.25) is 0 Å². The number of rotatable bonds is 4. The molecule has 39 heavy (non-hydrogen) atoms. The molecule has 0 aromatic carbocycles. The Balaban J connectivity index is 1.44. The summed E-state index contributed by atoms with van der Waals surface area (Å²) in [5.41, 5.74) is 1.79. The van der Waals surface area contributed by atoms with E-state index in [2.05, 4.69) is 19.9 Å². The Kier molecular flexibility index (Phi) is 6.72. The second kappa shape index (κ2) is 9.32. The van der Waals surface area contributed by atoms with E-state index in [-0.39, 0.29) is 34.6 Å². The van der Waals surface area contributed by atoms with Crippen LogP contribution >= 0.6 is 0 Å². The van der Waals surface area contributed by atoms with Gasteiger partial charge < -0.3 is 19.7 Å². The summed E-state index contributed by atoms with van der Waals surface area (Å²) in [7, 11) is 0. The van der Waals surface area contributed by atoms with Gasteiger partial charge in [-0.3, -0.25) is 4.79 Å². The van der Waals surface area contributed by atoms with Crippen LogP contribution in [0.5, 0.6) is 0 Å². The van der Waals surface area contributed by atoms with E-state index in [1.54, 1.807) is 6.08 Å². The number of carboxylic acids is 1. The van der Waals surface area contributed by atoms with E-state index in [0.717, 1.165) is 38.5 Å². The largest absolute Gasteiger partial charge is 0.478 e. The van der Waals surface area contributed by atoms with Crippen molar-refractivity contribution in [3.8, 4) is 0 Å². The Morgan fingerprint density at radius 2 is 1.79 bits per heavy atom. The standard InChI is InChI=1S/C32H44O7/c1-18(33)38-32(6,28(36)37)21-16-22(26(34)17-21)25-12-14-30(4)24-9-8-23-19(7-10-27(35)39-29(23,2)3)15-20(24)11-13-31(25,30)5/h7,10,15,21-23,25-26,34H,8-9,11-14,16-17H2,1-6H3,(H,36,37). The summed E-state index contributed by atoms with van der Waals surface area (Å²) in [6.07, 6.45) is 11.9. The number of aliphatic hydroxyl groups is 1. The van der Waals surface area contributed by atoms with Crippen molar-refractivity contribution in [2.75, 3.05) is 0 Å². The molecule has 1 heterocycles. The topological polar surface area (TPSA) is 110 Å². The minimum Gasteiger partial charge on any atom is -0.478 e. The van der Waals surface area contributed by atoms with E-state index in [0.29, 0.717) is 12.8 Å². The molecular formula is C32H44O7. The fourth-order valence-corrected chi connectivity index (χ4v) is 9.33. The van der Waals surface area contributed by atoms with E-state index in [1.165, 1.54) is 30.6 Å². The molecule has 8 atom stereocenters. The Bertz CT molecular complexity index is 1180. The Labute approximate surface area is 231 Å². The number of carboxylic acid groups (broad SMARTS) is 1. The van der Waals surface area contributed by atoms with Gasteiger partial charge in [-0.1, -0.05) is 31.6 Å². The zero-order valence-electron chi connectivity index (χ0n) is 24.2. The van der Waals surface area contributed by atoms with E-state index in [4.69, 9.17) is 9.47 Å². The van der Waals surface area contributed by atoms with Crippen molar-refractivity contribution in [3.05, 3.63) is 34.9 Å². The van der Waals surface area contributed by atoms with Crippen LogP contribution in [0, 0.1) is 34.5 Å². The summed E-state index contributed by atoms with van der Waals surface area (Å²) < 4.78 is 11.2. The van der Waals surface area contributed by atoms with Gasteiger partial charge in [-0.25, -0.2) is 9.59 Å².